The molecule has 0 aliphatic carbocycles. The first-order valence-corrected chi connectivity index (χ1v) is 7.87. The van der Waals surface area contributed by atoms with Crippen molar-refractivity contribution in [3.05, 3.63) is 29.3 Å². The Balaban J connectivity index is 1.63. The molecule has 21 heavy (non-hydrogen) atoms. The molecule has 1 aromatic carbocycles. The van der Waals surface area contributed by atoms with Gasteiger partial charge in [-0.1, -0.05) is 13.0 Å². The van der Waals surface area contributed by atoms with Gasteiger partial charge in [0.2, 0.25) is 0 Å². The molecule has 2 aliphatic rings. The van der Waals surface area contributed by atoms with E-state index >= 15 is 0 Å². The van der Waals surface area contributed by atoms with Crippen LogP contribution >= 0.6 is 0 Å². The third-order valence-corrected chi connectivity index (χ3v) is 4.67. The molecule has 1 fully saturated rings. The second-order valence-corrected chi connectivity index (χ2v) is 6.37. The first-order valence-electron chi connectivity index (χ1n) is 7.87. The minimum atomic E-state index is 0.105. The Morgan fingerprint density at radius 1 is 1.24 bits per heavy atom. The molecule has 0 radical (unpaired) electrons. The van der Waals surface area contributed by atoms with Gasteiger partial charge in [0.1, 0.15) is 12.5 Å². The Hall–Kier alpha value is -1.55. The van der Waals surface area contributed by atoms with E-state index in [4.69, 9.17) is 4.74 Å². The van der Waals surface area contributed by atoms with Crippen LogP contribution in [0.3, 0.4) is 0 Å². The number of likely N-dealkylation sites (tertiary alicyclic amines) is 1. The van der Waals surface area contributed by atoms with Crippen molar-refractivity contribution < 1.29 is 9.53 Å². The fourth-order valence-electron chi connectivity index (χ4n) is 3.01. The van der Waals surface area contributed by atoms with Crippen molar-refractivity contribution in [3.8, 4) is 5.75 Å². The third kappa shape index (κ3) is 3.21. The smallest absolute Gasteiger partial charge is 0.254 e. The average molecular weight is 288 g/mol. The van der Waals surface area contributed by atoms with E-state index in [9.17, 15) is 4.79 Å². The van der Waals surface area contributed by atoms with E-state index in [0.717, 1.165) is 48.8 Å². The Bertz CT molecular complexity index is 522. The molecular weight excluding hydrogens is 264 g/mol. The van der Waals surface area contributed by atoms with Gasteiger partial charge in [-0.15, -0.1) is 0 Å². The van der Waals surface area contributed by atoms with Crippen molar-refractivity contribution in [1.29, 1.82) is 0 Å². The summed E-state index contributed by atoms with van der Waals surface area (Å²) in [7, 11) is 1.85. The number of amides is 1. The van der Waals surface area contributed by atoms with E-state index in [-0.39, 0.29) is 5.91 Å². The Labute approximate surface area is 126 Å². The third-order valence-electron chi connectivity index (χ3n) is 4.67. The standard InChI is InChI=1S/C17H24N2O2/c1-13-5-9-19(10-6-13)12-21-15-4-3-14-7-8-18(2)17(20)16(14)11-15/h3-4,11,13H,5-10,12H2,1-2H3. The lowest BCUT2D eigenvalue weighted by Gasteiger charge is -2.30. The van der Waals surface area contributed by atoms with E-state index in [2.05, 4.69) is 11.8 Å². The van der Waals surface area contributed by atoms with E-state index in [1.807, 2.05) is 25.2 Å². The van der Waals surface area contributed by atoms with Crippen LogP contribution in [0.15, 0.2) is 18.2 Å². The summed E-state index contributed by atoms with van der Waals surface area (Å²) in [6, 6.07) is 5.93. The average Bonchev–Trinajstić information content (AvgIpc) is 2.51. The summed E-state index contributed by atoms with van der Waals surface area (Å²) in [6.07, 6.45) is 3.43. The molecule has 3 rings (SSSR count). The lowest BCUT2D eigenvalue weighted by molar-refractivity contribution is 0.0776. The largest absolute Gasteiger partial charge is 0.478 e. The highest BCUT2D eigenvalue weighted by molar-refractivity contribution is 5.97. The van der Waals surface area contributed by atoms with Gasteiger partial charge in [-0.3, -0.25) is 9.69 Å². The first-order chi connectivity index (χ1) is 10.1. The van der Waals surface area contributed by atoms with Gasteiger partial charge in [0.05, 0.1) is 0 Å². The molecule has 2 aliphatic heterocycles. The van der Waals surface area contributed by atoms with Gasteiger partial charge < -0.3 is 9.64 Å². The van der Waals surface area contributed by atoms with E-state index < -0.39 is 0 Å². The van der Waals surface area contributed by atoms with Crippen LogP contribution in [-0.4, -0.2) is 49.1 Å². The maximum atomic E-state index is 12.2. The summed E-state index contributed by atoms with van der Waals surface area (Å²) in [6.45, 7) is 5.94. The van der Waals surface area contributed by atoms with E-state index in [0.29, 0.717) is 6.73 Å². The summed E-state index contributed by atoms with van der Waals surface area (Å²) in [4.78, 5) is 16.3. The molecule has 0 aromatic heterocycles. The molecule has 0 bridgehead atoms. The summed E-state index contributed by atoms with van der Waals surface area (Å²) >= 11 is 0. The van der Waals surface area contributed by atoms with Crippen LogP contribution in [0.5, 0.6) is 5.75 Å². The maximum absolute atomic E-state index is 12.2. The van der Waals surface area contributed by atoms with E-state index in [1.165, 1.54) is 12.8 Å². The molecule has 4 nitrogen and oxygen atoms in total. The number of ether oxygens (including phenoxy) is 1. The van der Waals surface area contributed by atoms with Gasteiger partial charge in [0, 0.05) is 32.2 Å². The molecule has 1 amide bonds. The molecular formula is C17H24N2O2. The van der Waals surface area contributed by atoms with Gasteiger partial charge in [0.25, 0.3) is 5.91 Å². The number of nitrogens with zero attached hydrogens (tertiary/aromatic N) is 2. The second kappa shape index (κ2) is 6.06. The number of piperidine rings is 1. The SMILES string of the molecule is CC1CCN(COc2ccc3c(c2)C(=O)N(C)CC3)CC1. The minimum absolute atomic E-state index is 0.105. The summed E-state index contributed by atoms with van der Waals surface area (Å²) in [5.74, 6) is 1.74. The van der Waals surface area contributed by atoms with Gasteiger partial charge >= 0.3 is 0 Å². The van der Waals surface area contributed by atoms with Crippen LogP contribution in [0.1, 0.15) is 35.7 Å². The second-order valence-electron chi connectivity index (χ2n) is 6.37. The molecule has 114 valence electrons. The Kier molecular flexibility index (Phi) is 4.15. The zero-order valence-corrected chi connectivity index (χ0v) is 13.0. The van der Waals surface area contributed by atoms with Gasteiger partial charge in [-0.05, 0) is 42.9 Å². The number of likely N-dealkylation sites (N-methyl/N-ethyl adjacent to an activating group) is 1. The van der Waals surface area contributed by atoms with Crippen LogP contribution in [0, 0.1) is 5.92 Å². The Morgan fingerprint density at radius 3 is 2.76 bits per heavy atom. The highest BCUT2D eigenvalue weighted by Gasteiger charge is 2.22. The lowest BCUT2D eigenvalue weighted by Crippen LogP contribution is -2.36. The molecule has 1 aromatic rings. The molecule has 0 unspecified atom stereocenters. The predicted octanol–water partition coefficient (Wildman–Crippen LogP) is 2.38. The fourth-order valence-corrected chi connectivity index (χ4v) is 3.01. The number of rotatable bonds is 3. The molecule has 0 N–H and O–H groups in total. The number of benzene rings is 1. The predicted molar refractivity (Wildman–Crippen MR) is 82.6 cm³/mol. The maximum Gasteiger partial charge on any atom is 0.254 e. The van der Waals surface area contributed by atoms with Gasteiger partial charge in [0.15, 0.2) is 0 Å². The molecule has 0 atom stereocenters. The van der Waals surface area contributed by atoms with E-state index in [1.54, 1.807) is 4.90 Å². The van der Waals surface area contributed by atoms with Crippen LogP contribution < -0.4 is 4.74 Å². The van der Waals surface area contributed by atoms with Crippen LogP contribution in [0.4, 0.5) is 0 Å². The topological polar surface area (TPSA) is 32.8 Å². The molecule has 2 heterocycles. The van der Waals surface area contributed by atoms with Crippen molar-refractivity contribution >= 4 is 5.91 Å². The fraction of sp³-hybridized carbons (Fsp3) is 0.588. The van der Waals surface area contributed by atoms with Crippen molar-refractivity contribution in [2.75, 3.05) is 33.4 Å². The van der Waals surface area contributed by atoms with Crippen LogP contribution in [0.25, 0.3) is 0 Å². The van der Waals surface area contributed by atoms with Crippen molar-refractivity contribution in [1.82, 2.24) is 9.80 Å². The quantitative estimate of drug-likeness (QED) is 0.856. The first kappa shape index (κ1) is 14.4. The molecule has 0 spiro atoms. The number of hydrogen-bond donors (Lipinski definition) is 0. The van der Waals surface area contributed by atoms with Crippen molar-refractivity contribution in [3.63, 3.8) is 0 Å². The number of carbonyl (C=O) groups is 1. The summed E-state index contributed by atoms with van der Waals surface area (Å²) < 4.78 is 5.89. The zero-order chi connectivity index (χ0) is 14.8. The highest BCUT2D eigenvalue weighted by atomic mass is 16.5. The molecule has 4 heteroatoms. The van der Waals surface area contributed by atoms with Crippen LogP contribution in [-0.2, 0) is 6.42 Å². The monoisotopic (exact) mass is 288 g/mol. The summed E-state index contributed by atoms with van der Waals surface area (Å²) in [5, 5.41) is 0. The van der Waals surface area contributed by atoms with Crippen molar-refractivity contribution in [2.24, 2.45) is 5.92 Å². The minimum Gasteiger partial charge on any atom is -0.478 e. The molecule has 0 saturated carbocycles. The van der Waals surface area contributed by atoms with Gasteiger partial charge in [-0.2, -0.15) is 0 Å². The highest BCUT2D eigenvalue weighted by Crippen LogP contribution is 2.24. The normalized spacial score (nSPS) is 20.5. The number of fused-ring (bicyclic) bond motifs is 1. The van der Waals surface area contributed by atoms with Gasteiger partial charge in [-0.25, -0.2) is 0 Å². The van der Waals surface area contributed by atoms with Crippen LogP contribution in [0.2, 0.25) is 0 Å². The zero-order valence-electron chi connectivity index (χ0n) is 13.0. The Morgan fingerprint density at radius 2 is 2.00 bits per heavy atom. The lowest BCUT2D eigenvalue weighted by atomic mass is 9.99. The molecule has 1 saturated heterocycles. The number of carbonyl (C=O) groups excluding carboxylic acids is 1. The summed E-state index contributed by atoms with van der Waals surface area (Å²) in [5.41, 5.74) is 1.94. The van der Waals surface area contributed by atoms with Crippen molar-refractivity contribution in [2.45, 2.75) is 26.2 Å². The number of hydrogen-bond acceptors (Lipinski definition) is 3.